The number of hydrogen-bond acceptors (Lipinski definition) is 4. The summed E-state index contributed by atoms with van der Waals surface area (Å²) in [5.74, 6) is 0.506. The van der Waals surface area contributed by atoms with Gasteiger partial charge >= 0.3 is 5.97 Å². The molecule has 1 N–H and O–H groups in total. The second-order valence-corrected chi connectivity index (χ2v) is 6.55. The molecule has 2 fully saturated rings. The van der Waals surface area contributed by atoms with Gasteiger partial charge in [-0.25, -0.2) is 0 Å². The Kier molecular flexibility index (Phi) is 5.14. The summed E-state index contributed by atoms with van der Waals surface area (Å²) in [6.45, 7) is 2.20. The first-order valence-corrected chi connectivity index (χ1v) is 8.95. The van der Waals surface area contributed by atoms with E-state index < -0.39 is 0 Å². The number of rotatable bonds is 4. The molecule has 1 aliphatic carbocycles. The van der Waals surface area contributed by atoms with Crippen LogP contribution in [0, 0.1) is 0 Å². The molecule has 1 aliphatic heterocycles. The highest BCUT2D eigenvalue weighted by molar-refractivity contribution is 7.80. The van der Waals surface area contributed by atoms with Crippen molar-refractivity contribution in [3.05, 3.63) is 30.3 Å². The molecule has 3 rings (SSSR count). The fourth-order valence-corrected chi connectivity index (χ4v) is 4.03. The van der Waals surface area contributed by atoms with Gasteiger partial charge in [0.15, 0.2) is 5.11 Å². The second kappa shape index (κ2) is 7.30. The van der Waals surface area contributed by atoms with Crippen molar-refractivity contribution in [1.29, 1.82) is 0 Å². The number of nitrogens with one attached hydrogen (secondary N) is 1. The normalized spacial score (nSPS) is 21.1. The lowest BCUT2D eigenvalue weighted by atomic mass is 9.80. The van der Waals surface area contributed by atoms with E-state index in [4.69, 9.17) is 17.0 Å². The van der Waals surface area contributed by atoms with Crippen LogP contribution >= 0.6 is 12.2 Å². The van der Waals surface area contributed by atoms with Crippen LogP contribution in [0.3, 0.4) is 0 Å². The molecule has 0 bridgehead atoms. The van der Waals surface area contributed by atoms with Gasteiger partial charge in [-0.1, -0.05) is 37.5 Å². The molecule has 2 aliphatic rings. The minimum Gasteiger partial charge on any atom is -0.465 e. The Morgan fingerprint density at radius 1 is 1.29 bits per heavy atom. The highest BCUT2D eigenvalue weighted by Crippen LogP contribution is 2.40. The van der Waals surface area contributed by atoms with E-state index >= 15 is 0 Å². The number of thiocarbonyl (C=S) groups is 1. The Labute approximate surface area is 148 Å². The van der Waals surface area contributed by atoms with Gasteiger partial charge in [0, 0.05) is 5.69 Å². The van der Waals surface area contributed by atoms with E-state index in [0.29, 0.717) is 11.7 Å². The third-order valence-electron chi connectivity index (χ3n) is 4.66. The van der Waals surface area contributed by atoms with Crippen molar-refractivity contribution in [2.75, 3.05) is 18.1 Å². The van der Waals surface area contributed by atoms with E-state index in [0.717, 1.165) is 37.2 Å². The maximum absolute atomic E-state index is 11.7. The van der Waals surface area contributed by atoms with Gasteiger partial charge in [-0.3, -0.25) is 9.79 Å². The first kappa shape index (κ1) is 16.9. The number of hydrogen-bond donors (Lipinski definition) is 1. The number of para-hydroxylation sites is 1. The zero-order valence-electron chi connectivity index (χ0n) is 14.0. The number of aliphatic imine (C=N–C) groups is 1. The standard InChI is InChI=1S/C18H23N3O2S/c1-2-23-15(22)13-19-16-18(11-7-4-8-12-18)21(17(24)20-16)14-9-5-3-6-10-14/h3,5-6,9-10H,2,4,7-8,11-13H2,1H3,(H,19,20,24). The Morgan fingerprint density at radius 2 is 2.00 bits per heavy atom. The number of carbonyl (C=O) groups is 1. The molecule has 1 saturated heterocycles. The molecule has 1 aromatic rings. The van der Waals surface area contributed by atoms with Crippen molar-refractivity contribution >= 4 is 34.8 Å². The summed E-state index contributed by atoms with van der Waals surface area (Å²) in [5, 5.41) is 3.92. The van der Waals surface area contributed by atoms with Gasteiger partial charge in [-0.15, -0.1) is 0 Å². The SMILES string of the molecule is CCOC(=O)CN=C1NC(=S)N(c2ccccc2)C12CCCCC2. The third-order valence-corrected chi connectivity index (χ3v) is 4.95. The van der Waals surface area contributed by atoms with Crippen LogP contribution in [-0.2, 0) is 9.53 Å². The molecule has 1 aromatic carbocycles. The van der Waals surface area contributed by atoms with Crippen LogP contribution in [0.4, 0.5) is 5.69 Å². The van der Waals surface area contributed by atoms with Crippen LogP contribution in [0.25, 0.3) is 0 Å². The van der Waals surface area contributed by atoms with Crippen LogP contribution in [0.5, 0.6) is 0 Å². The third kappa shape index (κ3) is 3.15. The minimum absolute atomic E-state index is 0.0309. The molecule has 6 heteroatoms. The molecule has 128 valence electrons. The zero-order chi connectivity index (χ0) is 17.0. The molecule has 24 heavy (non-hydrogen) atoms. The van der Waals surface area contributed by atoms with Crippen molar-refractivity contribution in [1.82, 2.24) is 5.32 Å². The van der Waals surface area contributed by atoms with E-state index in [1.165, 1.54) is 6.42 Å². The Morgan fingerprint density at radius 3 is 2.67 bits per heavy atom. The zero-order valence-corrected chi connectivity index (χ0v) is 14.8. The first-order valence-electron chi connectivity index (χ1n) is 8.54. The number of carbonyl (C=O) groups excluding carboxylic acids is 1. The van der Waals surface area contributed by atoms with Crippen molar-refractivity contribution in [3.63, 3.8) is 0 Å². The van der Waals surface area contributed by atoms with E-state index in [1.54, 1.807) is 6.92 Å². The first-order chi connectivity index (χ1) is 11.7. The maximum Gasteiger partial charge on any atom is 0.327 e. The van der Waals surface area contributed by atoms with E-state index in [9.17, 15) is 4.79 Å². The monoisotopic (exact) mass is 345 g/mol. The number of ether oxygens (including phenoxy) is 1. The van der Waals surface area contributed by atoms with Crippen LogP contribution in [0.15, 0.2) is 35.3 Å². The maximum atomic E-state index is 11.7. The molecule has 0 unspecified atom stereocenters. The smallest absolute Gasteiger partial charge is 0.327 e. The quantitative estimate of drug-likeness (QED) is 0.671. The van der Waals surface area contributed by atoms with Crippen molar-refractivity contribution < 1.29 is 9.53 Å². The van der Waals surface area contributed by atoms with Gasteiger partial charge < -0.3 is 15.0 Å². The van der Waals surface area contributed by atoms with Gasteiger partial charge in [0.25, 0.3) is 0 Å². The van der Waals surface area contributed by atoms with Crippen LogP contribution in [-0.4, -0.2) is 35.6 Å². The van der Waals surface area contributed by atoms with Crippen LogP contribution in [0.1, 0.15) is 39.0 Å². The predicted octanol–water partition coefficient (Wildman–Crippen LogP) is 3.05. The summed E-state index contributed by atoms with van der Waals surface area (Å²) >= 11 is 5.60. The highest BCUT2D eigenvalue weighted by Gasteiger charge is 2.50. The minimum atomic E-state index is -0.304. The van der Waals surface area contributed by atoms with Crippen molar-refractivity contribution in [2.45, 2.75) is 44.6 Å². The van der Waals surface area contributed by atoms with Gasteiger partial charge in [-0.05, 0) is 44.1 Å². The number of esters is 1. The molecular formula is C18H23N3O2S. The summed E-state index contributed by atoms with van der Waals surface area (Å²) in [5.41, 5.74) is 0.807. The predicted molar refractivity (Wildman–Crippen MR) is 99.4 cm³/mol. The lowest BCUT2D eigenvalue weighted by Gasteiger charge is -2.40. The second-order valence-electron chi connectivity index (χ2n) is 6.16. The highest BCUT2D eigenvalue weighted by atomic mass is 32.1. The number of anilines is 1. The number of amidine groups is 1. The molecular weight excluding hydrogens is 322 g/mol. The van der Waals surface area contributed by atoms with Crippen LogP contribution < -0.4 is 10.2 Å². The summed E-state index contributed by atoms with van der Waals surface area (Å²) in [6.07, 6.45) is 5.45. The molecule has 0 atom stereocenters. The largest absolute Gasteiger partial charge is 0.465 e. The van der Waals surface area contributed by atoms with E-state index in [-0.39, 0.29) is 18.1 Å². The summed E-state index contributed by atoms with van der Waals surface area (Å²) in [7, 11) is 0. The fraction of sp³-hybridized carbons (Fsp3) is 0.500. The average Bonchev–Trinajstić information content (AvgIpc) is 2.86. The molecule has 0 radical (unpaired) electrons. The lowest BCUT2D eigenvalue weighted by molar-refractivity contribution is -0.141. The van der Waals surface area contributed by atoms with Crippen molar-refractivity contribution in [2.24, 2.45) is 4.99 Å². The molecule has 1 saturated carbocycles. The average molecular weight is 345 g/mol. The Bertz CT molecular complexity index is 639. The topological polar surface area (TPSA) is 53.9 Å². The van der Waals surface area contributed by atoms with Crippen molar-refractivity contribution in [3.8, 4) is 0 Å². The van der Waals surface area contributed by atoms with E-state index in [1.807, 2.05) is 18.2 Å². The molecule has 0 aromatic heterocycles. The summed E-state index contributed by atoms with van der Waals surface area (Å²) < 4.78 is 5.00. The van der Waals surface area contributed by atoms with Gasteiger partial charge in [0.05, 0.1) is 6.61 Å². The van der Waals surface area contributed by atoms with Gasteiger partial charge in [-0.2, -0.15) is 0 Å². The Balaban J connectivity index is 1.94. The number of nitrogens with zero attached hydrogens (tertiary/aromatic N) is 2. The molecule has 1 heterocycles. The molecule has 5 nitrogen and oxygen atoms in total. The fourth-order valence-electron chi connectivity index (χ4n) is 3.65. The summed E-state index contributed by atoms with van der Waals surface area (Å²) in [4.78, 5) is 18.4. The van der Waals surface area contributed by atoms with Gasteiger partial charge in [0.1, 0.15) is 17.9 Å². The molecule has 0 amide bonds. The lowest BCUT2D eigenvalue weighted by Crippen LogP contribution is -2.51. The van der Waals surface area contributed by atoms with Gasteiger partial charge in [0.2, 0.25) is 0 Å². The Hall–Kier alpha value is -1.95. The molecule has 1 spiro atoms. The number of benzene rings is 1. The van der Waals surface area contributed by atoms with E-state index in [2.05, 4.69) is 27.3 Å². The summed E-state index contributed by atoms with van der Waals surface area (Å²) in [6, 6.07) is 10.2. The van der Waals surface area contributed by atoms with Crippen LogP contribution in [0.2, 0.25) is 0 Å².